The molecule has 2 aromatic rings. The molecule has 1 aliphatic heterocycles. The van der Waals surface area contributed by atoms with Crippen LogP contribution >= 0.6 is 0 Å². The van der Waals surface area contributed by atoms with Gasteiger partial charge < -0.3 is 14.4 Å². The minimum absolute atomic E-state index is 0.0633. The first-order chi connectivity index (χ1) is 12.6. The van der Waals surface area contributed by atoms with Crippen LogP contribution in [0.3, 0.4) is 0 Å². The molecule has 1 heterocycles. The van der Waals surface area contributed by atoms with Crippen LogP contribution in [0.2, 0.25) is 0 Å². The number of benzene rings is 2. The molecule has 3 rings (SSSR count). The molecular weight excluding hydrogens is 330 g/mol. The summed E-state index contributed by atoms with van der Waals surface area (Å²) in [7, 11) is 0. The van der Waals surface area contributed by atoms with E-state index in [9.17, 15) is 9.59 Å². The number of esters is 1. The van der Waals surface area contributed by atoms with Crippen LogP contribution < -0.4 is 9.64 Å². The molecule has 0 radical (unpaired) electrons. The number of aryl methyl sites for hydroxylation is 1. The van der Waals surface area contributed by atoms with Gasteiger partial charge in [-0.2, -0.15) is 0 Å². The van der Waals surface area contributed by atoms with Crippen LogP contribution in [0.5, 0.6) is 5.75 Å². The van der Waals surface area contributed by atoms with Crippen molar-refractivity contribution in [3.05, 3.63) is 59.7 Å². The Morgan fingerprint density at radius 1 is 1.12 bits per heavy atom. The van der Waals surface area contributed by atoms with Crippen molar-refractivity contribution in [3.63, 3.8) is 0 Å². The van der Waals surface area contributed by atoms with Gasteiger partial charge in [0.2, 0.25) is 0 Å². The highest BCUT2D eigenvalue weighted by Gasteiger charge is 2.27. The number of ether oxygens (including phenoxy) is 2. The normalized spacial score (nSPS) is 14.3. The average Bonchev–Trinajstić information content (AvgIpc) is 2.67. The highest BCUT2D eigenvalue weighted by molar-refractivity contribution is 5.97. The van der Waals surface area contributed by atoms with E-state index in [4.69, 9.17) is 9.47 Å². The number of nitrogens with zero attached hydrogens (tertiary/aromatic N) is 1. The first-order valence-corrected chi connectivity index (χ1v) is 8.93. The summed E-state index contributed by atoms with van der Waals surface area (Å²) in [5.41, 5.74) is 2.62. The Morgan fingerprint density at radius 3 is 2.58 bits per heavy atom. The fourth-order valence-corrected chi connectivity index (χ4v) is 3.12. The zero-order chi connectivity index (χ0) is 18.5. The zero-order valence-corrected chi connectivity index (χ0v) is 15.1. The second-order valence-electron chi connectivity index (χ2n) is 6.23. The molecule has 1 aliphatic rings. The molecule has 0 saturated carbocycles. The maximum atomic E-state index is 12.9. The molecule has 0 bridgehead atoms. The van der Waals surface area contributed by atoms with E-state index in [0.717, 1.165) is 18.5 Å². The van der Waals surface area contributed by atoms with Gasteiger partial charge in [0.15, 0.2) is 6.10 Å². The number of para-hydroxylation sites is 1. The molecule has 0 aliphatic carbocycles. The predicted molar refractivity (Wildman–Crippen MR) is 99.6 cm³/mol. The number of fused-ring (bicyclic) bond motifs is 1. The molecule has 0 spiro atoms. The van der Waals surface area contributed by atoms with Gasteiger partial charge in [-0.25, -0.2) is 4.79 Å². The first kappa shape index (κ1) is 18.0. The molecule has 5 nitrogen and oxygen atoms in total. The van der Waals surface area contributed by atoms with Gasteiger partial charge in [-0.1, -0.05) is 18.2 Å². The van der Waals surface area contributed by atoms with Gasteiger partial charge in [-0.15, -0.1) is 0 Å². The SMILES string of the molecule is CCOC(=O)c1ccc(OC(C)C(=O)N2CCCc3ccccc32)cc1. The molecule has 0 saturated heterocycles. The quantitative estimate of drug-likeness (QED) is 0.771. The number of hydrogen-bond acceptors (Lipinski definition) is 4. The summed E-state index contributed by atoms with van der Waals surface area (Å²) in [5.74, 6) is 0.115. The topological polar surface area (TPSA) is 55.8 Å². The number of anilines is 1. The fourth-order valence-electron chi connectivity index (χ4n) is 3.12. The van der Waals surface area contributed by atoms with Crippen LogP contribution in [0.25, 0.3) is 0 Å². The van der Waals surface area contributed by atoms with Crippen molar-refractivity contribution in [2.24, 2.45) is 0 Å². The van der Waals surface area contributed by atoms with E-state index in [1.54, 1.807) is 43.0 Å². The monoisotopic (exact) mass is 353 g/mol. The van der Waals surface area contributed by atoms with E-state index in [1.807, 2.05) is 18.2 Å². The third-order valence-corrected chi connectivity index (χ3v) is 4.40. The number of amides is 1. The molecule has 26 heavy (non-hydrogen) atoms. The Bertz CT molecular complexity index is 785. The lowest BCUT2D eigenvalue weighted by atomic mass is 10.0. The lowest BCUT2D eigenvalue weighted by Gasteiger charge is -2.31. The van der Waals surface area contributed by atoms with Crippen molar-refractivity contribution in [2.45, 2.75) is 32.8 Å². The number of carbonyl (C=O) groups excluding carboxylic acids is 2. The van der Waals surface area contributed by atoms with Crippen molar-refractivity contribution >= 4 is 17.6 Å². The Labute approximate surface area is 153 Å². The predicted octanol–water partition coefficient (Wildman–Crippen LogP) is 3.61. The van der Waals surface area contributed by atoms with Crippen molar-refractivity contribution < 1.29 is 19.1 Å². The number of hydrogen-bond donors (Lipinski definition) is 0. The second kappa shape index (κ2) is 8.04. The van der Waals surface area contributed by atoms with Crippen molar-refractivity contribution in [1.29, 1.82) is 0 Å². The van der Waals surface area contributed by atoms with E-state index in [-0.39, 0.29) is 11.9 Å². The van der Waals surface area contributed by atoms with E-state index in [1.165, 1.54) is 5.56 Å². The summed E-state index contributed by atoms with van der Waals surface area (Å²) in [6, 6.07) is 14.6. The maximum absolute atomic E-state index is 12.9. The molecular formula is C21H23NO4. The molecule has 1 atom stereocenters. The minimum atomic E-state index is -0.616. The van der Waals surface area contributed by atoms with Gasteiger partial charge >= 0.3 is 5.97 Å². The van der Waals surface area contributed by atoms with Gasteiger partial charge in [0.05, 0.1) is 12.2 Å². The van der Waals surface area contributed by atoms with Gasteiger partial charge in [0, 0.05) is 12.2 Å². The highest BCUT2D eigenvalue weighted by atomic mass is 16.5. The van der Waals surface area contributed by atoms with Gasteiger partial charge in [0.1, 0.15) is 5.75 Å². The maximum Gasteiger partial charge on any atom is 0.338 e. The second-order valence-corrected chi connectivity index (χ2v) is 6.23. The third kappa shape index (κ3) is 3.87. The standard InChI is InChI=1S/C21H23NO4/c1-3-25-21(24)17-10-12-18(13-11-17)26-15(2)20(23)22-14-6-8-16-7-4-5-9-19(16)22/h4-5,7,9-13,15H,3,6,8,14H2,1-2H3. The summed E-state index contributed by atoms with van der Waals surface area (Å²) in [4.78, 5) is 26.3. The molecule has 0 N–H and O–H groups in total. The van der Waals surface area contributed by atoms with E-state index in [2.05, 4.69) is 6.07 Å². The minimum Gasteiger partial charge on any atom is -0.481 e. The van der Waals surface area contributed by atoms with Crippen LogP contribution in [0.15, 0.2) is 48.5 Å². The molecule has 0 fully saturated rings. The fraction of sp³-hybridized carbons (Fsp3) is 0.333. The highest BCUT2D eigenvalue weighted by Crippen LogP contribution is 2.27. The van der Waals surface area contributed by atoms with Crippen molar-refractivity contribution in [3.8, 4) is 5.75 Å². The van der Waals surface area contributed by atoms with Crippen LogP contribution in [-0.4, -0.2) is 31.1 Å². The molecule has 1 unspecified atom stereocenters. The smallest absolute Gasteiger partial charge is 0.338 e. The molecule has 2 aromatic carbocycles. The summed E-state index contributed by atoms with van der Waals surface area (Å²) in [6.45, 7) is 4.55. The summed E-state index contributed by atoms with van der Waals surface area (Å²) in [6.07, 6.45) is 1.32. The summed E-state index contributed by atoms with van der Waals surface area (Å²) < 4.78 is 10.8. The lowest BCUT2D eigenvalue weighted by Crippen LogP contribution is -2.43. The van der Waals surface area contributed by atoms with E-state index in [0.29, 0.717) is 24.5 Å². The van der Waals surface area contributed by atoms with Gasteiger partial charge in [0.25, 0.3) is 5.91 Å². The number of rotatable bonds is 5. The van der Waals surface area contributed by atoms with Crippen LogP contribution in [0.1, 0.15) is 36.2 Å². The average molecular weight is 353 g/mol. The molecule has 5 heteroatoms. The zero-order valence-electron chi connectivity index (χ0n) is 15.1. The Morgan fingerprint density at radius 2 is 1.85 bits per heavy atom. The number of carbonyl (C=O) groups is 2. The van der Waals surface area contributed by atoms with Gasteiger partial charge in [-0.05, 0) is 62.6 Å². The van der Waals surface area contributed by atoms with Crippen molar-refractivity contribution in [2.75, 3.05) is 18.1 Å². The van der Waals surface area contributed by atoms with E-state index < -0.39 is 6.10 Å². The van der Waals surface area contributed by atoms with Crippen LogP contribution in [0.4, 0.5) is 5.69 Å². The summed E-state index contributed by atoms with van der Waals surface area (Å²) in [5, 5.41) is 0. The Balaban J connectivity index is 1.68. The Kier molecular flexibility index (Phi) is 5.56. The summed E-state index contributed by atoms with van der Waals surface area (Å²) >= 11 is 0. The van der Waals surface area contributed by atoms with Gasteiger partial charge in [-0.3, -0.25) is 4.79 Å². The van der Waals surface area contributed by atoms with Crippen LogP contribution in [0, 0.1) is 0 Å². The Hall–Kier alpha value is -2.82. The molecule has 136 valence electrons. The van der Waals surface area contributed by atoms with Crippen molar-refractivity contribution in [1.82, 2.24) is 0 Å². The van der Waals surface area contributed by atoms with Crippen LogP contribution in [-0.2, 0) is 16.0 Å². The largest absolute Gasteiger partial charge is 0.481 e. The lowest BCUT2D eigenvalue weighted by molar-refractivity contribution is -0.124. The molecule has 1 amide bonds. The molecule has 0 aromatic heterocycles. The first-order valence-electron chi connectivity index (χ1n) is 8.93. The third-order valence-electron chi connectivity index (χ3n) is 4.40. The van der Waals surface area contributed by atoms with E-state index >= 15 is 0 Å².